The second-order valence-corrected chi connectivity index (χ2v) is 8.30. The van der Waals surface area contributed by atoms with Crippen molar-refractivity contribution in [3.8, 4) is 6.07 Å². The number of benzene rings is 1. The third kappa shape index (κ3) is 3.08. The van der Waals surface area contributed by atoms with Crippen LogP contribution in [0, 0.1) is 16.7 Å². The summed E-state index contributed by atoms with van der Waals surface area (Å²) >= 11 is 0. The van der Waals surface area contributed by atoms with Gasteiger partial charge in [-0.2, -0.15) is 10.4 Å². The number of carbonyl (C=O) groups excluding carboxylic acids is 1. The van der Waals surface area contributed by atoms with Gasteiger partial charge in [-0.15, -0.1) is 0 Å². The highest BCUT2D eigenvalue weighted by molar-refractivity contribution is 5.74. The van der Waals surface area contributed by atoms with E-state index in [4.69, 9.17) is 5.26 Å². The Morgan fingerprint density at radius 1 is 1.30 bits per heavy atom. The lowest BCUT2D eigenvalue weighted by molar-refractivity contribution is 0.194. The number of aromatic nitrogens is 2. The summed E-state index contributed by atoms with van der Waals surface area (Å²) in [6.07, 6.45) is 1.91. The monoisotopic (exact) mass is 363 g/mol. The zero-order chi connectivity index (χ0) is 19.1. The number of carbonyl (C=O) groups is 1. The Hall–Kier alpha value is -2.81. The van der Waals surface area contributed by atoms with E-state index >= 15 is 0 Å². The van der Waals surface area contributed by atoms with Crippen LogP contribution in [0.1, 0.15) is 43.6 Å². The lowest BCUT2D eigenvalue weighted by Gasteiger charge is -2.25. The fraction of sp³-hybridized carbons (Fsp3) is 0.476. The second-order valence-electron chi connectivity index (χ2n) is 8.30. The Labute approximate surface area is 159 Å². The molecule has 4 rings (SSSR count). The van der Waals surface area contributed by atoms with E-state index in [1.807, 2.05) is 15.6 Å². The highest BCUT2D eigenvalue weighted by atomic mass is 16.2. The van der Waals surface area contributed by atoms with E-state index in [-0.39, 0.29) is 16.9 Å². The maximum absolute atomic E-state index is 12.9. The lowest BCUT2D eigenvalue weighted by Crippen LogP contribution is -2.43. The molecule has 2 heterocycles. The summed E-state index contributed by atoms with van der Waals surface area (Å²) < 4.78 is 1.85. The number of fused-ring (bicyclic) bond motifs is 1. The molecule has 1 aliphatic heterocycles. The molecule has 0 spiro atoms. The smallest absolute Gasteiger partial charge is 0.317 e. The van der Waals surface area contributed by atoms with Crippen molar-refractivity contribution < 1.29 is 4.79 Å². The van der Waals surface area contributed by atoms with E-state index in [2.05, 4.69) is 54.6 Å². The van der Waals surface area contributed by atoms with Crippen LogP contribution >= 0.6 is 0 Å². The molecule has 1 N–H and O–H groups in total. The van der Waals surface area contributed by atoms with Crippen molar-refractivity contribution in [3.63, 3.8) is 0 Å². The maximum atomic E-state index is 12.9. The first-order valence-electron chi connectivity index (χ1n) is 9.50. The largest absolute Gasteiger partial charge is 0.337 e. The summed E-state index contributed by atoms with van der Waals surface area (Å²) in [5, 5.41) is 16.5. The Kier molecular flexibility index (Phi) is 4.18. The molecule has 1 saturated carbocycles. The molecule has 1 atom stereocenters. The maximum Gasteiger partial charge on any atom is 0.317 e. The number of aryl methyl sites for hydroxylation is 1. The highest BCUT2D eigenvalue weighted by Gasteiger charge is 2.61. The molecule has 0 unspecified atom stereocenters. The topological polar surface area (TPSA) is 74.0 Å². The lowest BCUT2D eigenvalue weighted by atomic mass is 9.88. The second kappa shape index (κ2) is 6.41. The third-order valence-corrected chi connectivity index (χ3v) is 6.20. The van der Waals surface area contributed by atoms with Crippen LogP contribution in [0.2, 0.25) is 0 Å². The molecule has 2 amide bonds. The molecule has 1 aromatic carbocycles. The minimum absolute atomic E-state index is 0.00548. The number of urea groups is 1. The number of rotatable bonds is 3. The van der Waals surface area contributed by atoms with Crippen molar-refractivity contribution in [1.29, 1.82) is 5.26 Å². The SMILES string of the molecule is CC1(C)C[C@]1(CNC(=O)N1CCCn2nc(C#N)cc2C1)c1ccccc1. The molecular formula is C21H25N5O. The van der Waals surface area contributed by atoms with Crippen LogP contribution in [0.4, 0.5) is 4.79 Å². The Balaban J connectivity index is 1.45. The summed E-state index contributed by atoms with van der Waals surface area (Å²) in [4.78, 5) is 14.7. The van der Waals surface area contributed by atoms with Crippen LogP contribution in [-0.2, 0) is 18.5 Å². The molecule has 0 radical (unpaired) electrons. The van der Waals surface area contributed by atoms with Crippen molar-refractivity contribution in [3.05, 3.63) is 53.3 Å². The average molecular weight is 363 g/mol. The fourth-order valence-corrected chi connectivity index (χ4v) is 4.39. The number of nitrogens with one attached hydrogen (secondary N) is 1. The van der Waals surface area contributed by atoms with Gasteiger partial charge in [0.25, 0.3) is 0 Å². The van der Waals surface area contributed by atoms with Gasteiger partial charge in [-0.25, -0.2) is 4.79 Å². The number of hydrogen-bond donors (Lipinski definition) is 1. The Morgan fingerprint density at radius 3 is 2.70 bits per heavy atom. The molecule has 2 aliphatic rings. The molecular weight excluding hydrogens is 338 g/mol. The molecule has 2 aromatic rings. The molecule has 1 fully saturated rings. The zero-order valence-corrected chi connectivity index (χ0v) is 15.9. The summed E-state index contributed by atoms with van der Waals surface area (Å²) in [6, 6.07) is 14.3. The van der Waals surface area contributed by atoms with Gasteiger partial charge in [0.2, 0.25) is 0 Å². The van der Waals surface area contributed by atoms with Crippen LogP contribution in [0.3, 0.4) is 0 Å². The van der Waals surface area contributed by atoms with Gasteiger partial charge >= 0.3 is 6.03 Å². The van der Waals surface area contributed by atoms with Crippen molar-refractivity contribution in [2.75, 3.05) is 13.1 Å². The van der Waals surface area contributed by atoms with Crippen LogP contribution in [-0.4, -0.2) is 33.8 Å². The fourth-order valence-electron chi connectivity index (χ4n) is 4.39. The summed E-state index contributed by atoms with van der Waals surface area (Å²) in [7, 11) is 0. The molecule has 140 valence electrons. The Morgan fingerprint density at radius 2 is 2.04 bits per heavy atom. The van der Waals surface area contributed by atoms with E-state index in [1.54, 1.807) is 6.07 Å². The number of nitriles is 1. The molecule has 27 heavy (non-hydrogen) atoms. The first-order valence-corrected chi connectivity index (χ1v) is 9.50. The number of hydrogen-bond acceptors (Lipinski definition) is 3. The van der Waals surface area contributed by atoms with Crippen LogP contribution in [0.15, 0.2) is 36.4 Å². The molecule has 6 heteroatoms. The van der Waals surface area contributed by atoms with E-state index in [0.29, 0.717) is 25.3 Å². The van der Waals surface area contributed by atoms with Crippen molar-refractivity contribution >= 4 is 6.03 Å². The zero-order valence-electron chi connectivity index (χ0n) is 15.9. The Bertz CT molecular complexity index is 895. The van der Waals surface area contributed by atoms with Gasteiger partial charge in [0.05, 0.1) is 12.2 Å². The van der Waals surface area contributed by atoms with Crippen LogP contribution in [0.25, 0.3) is 0 Å². The van der Waals surface area contributed by atoms with Crippen molar-refractivity contribution in [2.45, 2.75) is 45.2 Å². The van der Waals surface area contributed by atoms with Gasteiger partial charge in [-0.3, -0.25) is 4.68 Å². The van der Waals surface area contributed by atoms with Gasteiger partial charge in [-0.1, -0.05) is 44.2 Å². The summed E-state index contributed by atoms with van der Waals surface area (Å²) in [5.74, 6) is 0. The van der Waals surface area contributed by atoms with E-state index in [9.17, 15) is 4.79 Å². The first kappa shape index (κ1) is 17.6. The number of nitrogens with zero attached hydrogens (tertiary/aromatic N) is 4. The normalized spacial score (nSPS) is 23.1. The minimum Gasteiger partial charge on any atom is -0.337 e. The number of amides is 2. The van der Waals surface area contributed by atoms with Crippen molar-refractivity contribution in [1.82, 2.24) is 20.0 Å². The van der Waals surface area contributed by atoms with Gasteiger partial charge in [-0.05, 0) is 29.9 Å². The molecule has 0 saturated heterocycles. The van der Waals surface area contributed by atoms with Crippen LogP contribution < -0.4 is 5.32 Å². The molecule has 1 aliphatic carbocycles. The van der Waals surface area contributed by atoms with Gasteiger partial charge in [0, 0.05) is 25.0 Å². The van der Waals surface area contributed by atoms with E-state index in [1.165, 1.54) is 5.56 Å². The van der Waals surface area contributed by atoms with Crippen LogP contribution in [0.5, 0.6) is 0 Å². The minimum atomic E-state index is -0.0406. The first-order chi connectivity index (χ1) is 12.9. The van der Waals surface area contributed by atoms with Gasteiger partial charge in [0.1, 0.15) is 6.07 Å². The third-order valence-electron chi connectivity index (χ3n) is 6.20. The van der Waals surface area contributed by atoms with Gasteiger partial charge in [0.15, 0.2) is 5.69 Å². The highest BCUT2D eigenvalue weighted by Crippen LogP contribution is 2.63. The predicted octanol–water partition coefficient (Wildman–Crippen LogP) is 3.04. The average Bonchev–Trinajstić information content (AvgIpc) is 3.13. The summed E-state index contributed by atoms with van der Waals surface area (Å²) in [5.41, 5.74) is 2.81. The molecule has 1 aromatic heterocycles. The molecule has 6 nitrogen and oxygen atoms in total. The van der Waals surface area contributed by atoms with E-state index < -0.39 is 0 Å². The van der Waals surface area contributed by atoms with Crippen molar-refractivity contribution in [2.24, 2.45) is 5.41 Å². The quantitative estimate of drug-likeness (QED) is 0.911. The van der Waals surface area contributed by atoms with E-state index in [0.717, 1.165) is 25.1 Å². The van der Waals surface area contributed by atoms with Gasteiger partial charge < -0.3 is 10.2 Å². The molecule has 0 bridgehead atoms. The predicted molar refractivity (Wildman–Crippen MR) is 102 cm³/mol. The standard InChI is InChI=1S/C21H25N5O/c1-20(2)14-21(20,16-7-4-3-5-8-16)15-23-19(27)25-9-6-10-26-18(13-25)11-17(12-22)24-26/h3-5,7-8,11H,6,9-10,13-15H2,1-2H3,(H,23,27)/t21-/m0/s1. The summed E-state index contributed by atoms with van der Waals surface area (Å²) in [6.45, 7) is 7.09.